The second-order valence-electron chi connectivity index (χ2n) is 3.74. The van der Waals surface area contributed by atoms with Gasteiger partial charge in [0.2, 0.25) is 0 Å². The average molecular weight is 253 g/mol. The lowest BCUT2D eigenvalue weighted by molar-refractivity contribution is -0.128. The van der Waals surface area contributed by atoms with Crippen molar-refractivity contribution in [2.75, 3.05) is 26.3 Å². The van der Waals surface area contributed by atoms with Crippen molar-refractivity contribution in [3.05, 3.63) is 35.6 Å². The van der Waals surface area contributed by atoms with Crippen LogP contribution in [0.3, 0.4) is 0 Å². The molecule has 2 rings (SSSR count). The first kappa shape index (κ1) is 12.1. The summed E-state index contributed by atoms with van der Waals surface area (Å²) in [5, 5.41) is 0.444. The fourth-order valence-corrected chi connectivity index (χ4v) is 1.93. The number of ether oxygens (including phenoxy) is 1. The van der Waals surface area contributed by atoms with Gasteiger partial charge in [-0.3, -0.25) is 9.78 Å². The van der Waals surface area contributed by atoms with Gasteiger partial charge in [-0.2, -0.15) is 0 Å². The molecule has 1 aromatic heterocycles. The van der Waals surface area contributed by atoms with Crippen LogP contribution in [0.5, 0.6) is 0 Å². The highest BCUT2D eigenvalue weighted by Crippen LogP contribution is 2.23. The van der Waals surface area contributed by atoms with E-state index in [4.69, 9.17) is 16.3 Å². The lowest BCUT2D eigenvalue weighted by Crippen LogP contribution is -2.40. The summed E-state index contributed by atoms with van der Waals surface area (Å²) in [6, 6.07) is 1.70. The van der Waals surface area contributed by atoms with E-state index in [9.17, 15) is 4.79 Å². The van der Waals surface area contributed by atoms with Crippen LogP contribution in [0.4, 0.5) is 0 Å². The molecule has 0 spiro atoms. The normalized spacial score (nSPS) is 15.7. The van der Waals surface area contributed by atoms with Gasteiger partial charge in [0.1, 0.15) is 0 Å². The van der Waals surface area contributed by atoms with Crippen molar-refractivity contribution < 1.29 is 9.53 Å². The Hall–Kier alpha value is -1.39. The third-order valence-electron chi connectivity index (χ3n) is 2.65. The number of rotatable bonds is 2. The lowest BCUT2D eigenvalue weighted by Gasteiger charge is -2.27. The molecule has 4 nitrogen and oxygen atoms in total. The Kier molecular flexibility index (Phi) is 3.76. The van der Waals surface area contributed by atoms with Crippen LogP contribution < -0.4 is 0 Å². The van der Waals surface area contributed by atoms with Gasteiger partial charge in [0, 0.05) is 36.6 Å². The SMILES string of the molecule is C=C(C(=O)N1CCOCC1)c1ccncc1Cl. The summed E-state index contributed by atoms with van der Waals surface area (Å²) in [5.74, 6) is -0.0959. The van der Waals surface area contributed by atoms with E-state index in [1.807, 2.05) is 0 Å². The molecule has 90 valence electrons. The highest BCUT2D eigenvalue weighted by Gasteiger charge is 2.21. The number of morpholine rings is 1. The van der Waals surface area contributed by atoms with Gasteiger partial charge in [-0.15, -0.1) is 0 Å². The van der Waals surface area contributed by atoms with Crippen LogP contribution in [-0.4, -0.2) is 42.1 Å². The predicted octanol–water partition coefficient (Wildman–Crippen LogP) is 1.61. The monoisotopic (exact) mass is 252 g/mol. The third kappa shape index (κ3) is 2.65. The third-order valence-corrected chi connectivity index (χ3v) is 2.96. The van der Waals surface area contributed by atoms with Crippen LogP contribution in [0.15, 0.2) is 25.0 Å². The first-order chi connectivity index (χ1) is 8.20. The molecular formula is C12H13ClN2O2. The maximum absolute atomic E-state index is 12.1. The summed E-state index contributed by atoms with van der Waals surface area (Å²) < 4.78 is 5.20. The van der Waals surface area contributed by atoms with Crippen LogP contribution in [0.25, 0.3) is 5.57 Å². The minimum Gasteiger partial charge on any atom is -0.378 e. The number of amides is 1. The van der Waals surface area contributed by atoms with Crippen LogP contribution >= 0.6 is 11.6 Å². The summed E-state index contributed by atoms with van der Waals surface area (Å²) in [4.78, 5) is 17.7. The van der Waals surface area contributed by atoms with Crippen molar-refractivity contribution in [2.45, 2.75) is 0 Å². The number of carbonyl (C=O) groups excluding carboxylic acids is 1. The van der Waals surface area contributed by atoms with Gasteiger partial charge in [-0.25, -0.2) is 0 Å². The Balaban J connectivity index is 2.14. The van der Waals surface area contributed by atoms with Gasteiger partial charge in [0.25, 0.3) is 5.91 Å². The quantitative estimate of drug-likeness (QED) is 0.751. The lowest BCUT2D eigenvalue weighted by atomic mass is 10.1. The molecule has 0 radical (unpaired) electrons. The van der Waals surface area contributed by atoms with Crippen LogP contribution in [0, 0.1) is 0 Å². The first-order valence-corrected chi connectivity index (χ1v) is 5.74. The summed E-state index contributed by atoms with van der Waals surface area (Å²) in [5.41, 5.74) is 1.04. The average Bonchev–Trinajstić information content (AvgIpc) is 2.39. The van der Waals surface area contributed by atoms with E-state index in [2.05, 4.69) is 11.6 Å². The topological polar surface area (TPSA) is 42.4 Å². The molecule has 17 heavy (non-hydrogen) atoms. The number of carbonyl (C=O) groups is 1. The summed E-state index contributed by atoms with van der Waals surface area (Å²) in [6.07, 6.45) is 3.10. The summed E-state index contributed by atoms with van der Waals surface area (Å²) in [6.45, 7) is 6.16. The zero-order chi connectivity index (χ0) is 12.3. The summed E-state index contributed by atoms with van der Waals surface area (Å²) in [7, 11) is 0. The first-order valence-electron chi connectivity index (χ1n) is 5.36. The molecule has 0 aromatic carbocycles. The molecule has 1 fully saturated rings. The van der Waals surface area contributed by atoms with Crippen molar-refractivity contribution in [2.24, 2.45) is 0 Å². The largest absolute Gasteiger partial charge is 0.378 e. The van der Waals surface area contributed by atoms with Crippen LogP contribution in [-0.2, 0) is 9.53 Å². The zero-order valence-electron chi connectivity index (χ0n) is 9.36. The zero-order valence-corrected chi connectivity index (χ0v) is 10.1. The molecule has 0 unspecified atom stereocenters. The second-order valence-corrected chi connectivity index (χ2v) is 4.15. The molecule has 1 aliphatic heterocycles. The molecule has 0 bridgehead atoms. The van der Waals surface area contributed by atoms with Crippen molar-refractivity contribution in [3.63, 3.8) is 0 Å². The van der Waals surface area contributed by atoms with Gasteiger partial charge in [0.05, 0.1) is 18.2 Å². The van der Waals surface area contributed by atoms with Crippen molar-refractivity contribution in [1.29, 1.82) is 0 Å². The number of hydrogen-bond acceptors (Lipinski definition) is 3. The minimum atomic E-state index is -0.0959. The second kappa shape index (κ2) is 5.29. The maximum Gasteiger partial charge on any atom is 0.254 e. The Morgan fingerprint density at radius 3 is 2.82 bits per heavy atom. The van der Waals surface area contributed by atoms with E-state index in [-0.39, 0.29) is 5.91 Å². The van der Waals surface area contributed by atoms with Gasteiger partial charge >= 0.3 is 0 Å². The smallest absolute Gasteiger partial charge is 0.254 e. The van der Waals surface area contributed by atoms with E-state index in [1.165, 1.54) is 6.20 Å². The van der Waals surface area contributed by atoms with Gasteiger partial charge < -0.3 is 9.64 Å². The Morgan fingerprint density at radius 1 is 1.47 bits per heavy atom. The minimum absolute atomic E-state index is 0.0959. The van der Waals surface area contributed by atoms with Gasteiger partial charge in [-0.05, 0) is 6.07 Å². The van der Waals surface area contributed by atoms with E-state index in [0.29, 0.717) is 42.5 Å². The molecule has 1 amide bonds. The molecule has 1 aliphatic rings. The van der Waals surface area contributed by atoms with E-state index < -0.39 is 0 Å². The predicted molar refractivity (Wildman–Crippen MR) is 65.7 cm³/mol. The fourth-order valence-electron chi connectivity index (χ4n) is 1.69. The van der Waals surface area contributed by atoms with E-state index >= 15 is 0 Å². The standard InChI is InChI=1S/C12H13ClN2O2/c1-9(10-2-3-14-8-11(10)13)12(16)15-4-6-17-7-5-15/h2-3,8H,1,4-7H2. The van der Waals surface area contributed by atoms with Crippen molar-refractivity contribution >= 4 is 23.1 Å². The highest BCUT2D eigenvalue weighted by molar-refractivity contribution is 6.34. The summed E-state index contributed by atoms with van der Waals surface area (Å²) >= 11 is 5.98. The van der Waals surface area contributed by atoms with E-state index in [1.54, 1.807) is 17.2 Å². The number of halogens is 1. The van der Waals surface area contributed by atoms with E-state index in [0.717, 1.165) is 0 Å². The molecule has 5 heteroatoms. The molecule has 0 atom stereocenters. The highest BCUT2D eigenvalue weighted by atomic mass is 35.5. The molecule has 2 heterocycles. The van der Waals surface area contributed by atoms with Gasteiger partial charge in [0.15, 0.2) is 0 Å². The van der Waals surface area contributed by atoms with Crippen LogP contribution in [0.2, 0.25) is 5.02 Å². The Labute approximate surface area is 105 Å². The number of aromatic nitrogens is 1. The molecule has 1 saturated heterocycles. The van der Waals surface area contributed by atoms with Crippen molar-refractivity contribution in [3.8, 4) is 0 Å². The maximum atomic E-state index is 12.1. The molecule has 0 saturated carbocycles. The number of nitrogens with zero attached hydrogens (tertiary/aromatic N) is 2. The fraction of sp³-hybridized carbons (Fsp3) is 0.333. The number of hydrogen-bond donors (Lipinski definition) is 0. The van der Waals surface area contributed by atoms with Crippen molar-refractivity contribution in [1.82, 2.24) is 9.88 Å². The molecule has 0 aliphatic carbocycles. The molecular weight excluding hydrogens is 240 g/mol. The number of pyridine rings is 1. The van der Waals surface area contributed by atoms with Gasteiger partial charge in [-0.1, -0.05) is 18.2 Å². The molecule has 0 N–H and O–H groups in total. The van der Waals surface area contributed by atoms with Crippen LogP contribution in [0.1, 0.15) is 5.56 Å². The Morgan fingerprint density at radius 2 is 2.18 bits per heavy atom. The molecule has 1 aromatic rings. The Bertz CT molecular complexity index is 442.